The van der Waals surface area contributed by atoms with Gasteiger partial charge in [0.15, 0.2) is 6.54 Å². The highest BCUT2D eigenvalue weighted by atomic mass is 79.9. The van der Waals surface area contributed by atoms with Crippen LogP contribution in [0.2, 0.25) is 0 Å². The topological polar surface area (TPSA) is 84.9 Å². The fourth-order valence-corrected chi connectivity index (χ4v) is 3.47. The van der Waals surface area contributed by atoms with Crippen molar-refractivity contribution in [2.75, 3.05) is 4.83 Å². The smallest absolute Gasteiger partial charge is 0.290 e. The number of sulfonamides is 1. The molecule has 0 aliphatic heterocycles. The molecule has 9 heteroatoms. The minimum absolute atomic E-state index is 0.000885. The minimum Gasteiger partial charge on any atom is -0.290 e. The summed E-state index contributed by atoms with van der Waals surface area (Å²) < 4.78 is 28.2. The van der Waals surface area contributed by atoms with E-state index >= 15 is 0 Å². The second-order valence-corrected chi connectivity index (χ2v) is 8.27. The summed E-state index contributed by atoms with van der Waals surface area (Å²) in [6, 6.07) is 13.5. The molecule has 0 bridgehead atoms. The van der Waals surface area contributed by atoms with Crippen LogP contribution in [0.1, 0.15) is 15.9 Å². The number of ketones is 1. The number of halogens is 1. The lowest BCUT2D eigenvalue weighted by atomic mass is 10.1. The molecular weight excluding hydrogens is 420 g/mol. The molecule has 0 unspecified atom stereocenters. The third kappa shape index (κ3) is 4.36. The lowest BCUT2D eigenvalue weighted by Gasteiger charge is -2.03. The van der Waals surface area contributed by atoms with Gasteiger partial charge >= 0.3 is 0 Å². The fraction of sp³-hybridized carbons (Fsp3) is 0.118. The summed E-state index contributed by atoms with van der Waals surface area (Å²) in [6.07, 6.45) is 2.70. The van der Waals surface area contributed by atoms with Crippen LogP contribution in [-0.2, 0) is 16.6 Å². The molecule has 0 fully saturated rings. The van der Waals surface area contributed by atoms with Gasteiger partial charge in [0.2, 0.25) is 12.1 Å². The number of nitrogens with one attached hydrogen (secondary N) is 1. The van der Waals surface area contributed by atoms with Crippen LogP contribution in [0.3, 0.4) is 0 Å². The van der Waals surface area contributed by atoms with E-state index in [1.165, 1.54) is 34.1 Å². The molecule has 0 aliphatic carbocycles. The van der Waals surface area contributed by atoms with Crippen LogP contribution in [0.15, 0.2) is 70.6 Å². The van der Waals surface area contributed by atoms with Crippen molar-refractivity contribution in [3.8, 4) is 0 Å². The molecule has 1 aromatic heterocycles. The van der Waals surface area contributed by atoms with E-state index in [4.69, 9.17) is 0 Å². The molecule has 0 spiro atoms. The second-order valence-electron chi connectivity index (χ2n) is 5.69. The molecule has 1 N–H and O–H groups in total. The number of rotatable bonds is 6. The van der Waals surface area contributed by atoms with Crippen LogP contribution in [0, 0.1) is 6.92 Å². The number of carbonyl (C=O) groups is 1. The molecular formula is C17H16BrN4O3S+. The van der Waals surface area contributed by atoms with Crippen molar-refractivity contribution in [1.82, 2.24) is 9.77 Å². The monoisotopic (exact) mass is 435 g/mol. The van der Waals surface area contributed by atoms with E-state index in [9.17, 15) is 13.2 Å². The zero-order valence-electron chi connectivity index (χ0n) is 13.8. The molecule has 134 valence electrons. The zero-order valence-corrected chi connectivity index (χ0v) is 16.2. The van der Waals surface area contributed by atoms with Crippen LogP contribution >= 0.6 is 15.9 Å². The lowest BCUT2D eigenvalue weighted by Crippen LogP contribution is -2.39. The molecule has 0 radical (unpaired) electrons. The van der Waals surface area contributed by atoms with E-state index in [1.807, 2.05) is 6.92 Å². The van der Waals surface area contributed by atoms with Gasteiger partial charge in [-0.1, -0.05) is 45.8 Å². The Kier molecular flexibility index (Phi) is 5.19. The Hall–Kier alpha value is -2.52. The summed E-state index contributed by atoms with van der Waals surface area (Å²) in [7, 11) is -3.73. The molecule has 0 saturated carbocycles. The summed E-state index contributed by atoms with van der Waals surface area (Å²) in [5, 5.41) is 4.01. The quantitative estimate of drug-likeness (QED) is 0.474. The van der Waals surface area contributed by atoms with E-state index in [1.54, 1.807) is 36.4 Å². The van der Waals surface area contributed by atoms with Crippen molar-refractivity contribution in [3.63, 3.8) is 0 Å². The molecule has 7 nitrogen and oxygen atoms in total. The Morgan fingerprint density at radius 3 is 2.46 bits per heavy atom. The van der Waals surface area contributed by atoms with Gasteiger partial charge < -0.3 is 0 Å². The van der Waals surface area contributed by atoms with Crippen LogP contribution in [0.5, 0.6) is 0 Å². The molecule has 26 heavy (non-hydrogen) atoms. The number of hydrogen-bond donors (Lipinski definition) is 1. The second kappa shape index (κ2) is 7.38. The van der Waals surface area contributed by atoms with Crippen molar-refractivity contribution >= 4 is 31.7 Å². The van der Waals surface area contributed by atoms with E-state index in [0.717, 1.165) is 10.0 Å². The molecule has 0 atom stereocenters. The Balaban J connectivity index is 1.70. The van der Waals surface area contributed by atoms with Crippen molar-refractivity contribution in [2.24, 2.45) is 0 Å². The third-order valence-electron chi connectivity index (χ3n) is 3.61. The Bertz CT molecular complexity index is 1030. The fourth-order valence-electron chi connectivity index (χ4n) is 2.24. The van der Waals surface area contributed by atoms with Gasteiger partial charge in [-0.2, -0.15) is 8.42 Å². The summed E-state index contributed by atoms with van der Waals surface area (Å²) in [5.41, 5.74) is 1.52. The largest absolute Gasteiger partial charge is 0.290 e. The van der Waals surface area contributed by atoms with Gasteiger partial charge in [-0.3, -0.25) is 4.79 Å². The first-order valence-corrected chi connectivity index (χ1v) is 9.93. The standard InChI is InChI=1S/C17H16BrN4O3S/c1-13-2-8-16(9-3-13)26(24,25)20-22-11-19-21(12-22)10-17(23)14-4-6-15(18)7-5-14/h2-9,11-12,20H,10H2,1H3/q+1. The molecule has 1 heterocycles. The van der Waals surface area contributed by atoms with Crippen LogP contribution in [-0.4, -0.2) is 24.0 Å². The lowest BCUT2D eigenvalue weighted by molar-refractivity contribution is -0.739. The van der Waals surface area contributed by atoms with Crippen LogP contribution in [0.4, 0.5) is 0 Å². The zero-order chi connectivity index (χ0) is 18.7. The first-order valence-electron chi connectivity index (χ1n) is 7.65. The highest BCUT2D eigenvalue weighted by Crippen LogP contribution is 2.11. The third-order valence-corrected chi connectivity index (χ3v) is 5.48. The average Bonchev–Trinajstić information content (AvgIpc) is 3.02. The van der Waals surface area contributed by atoms with E-state index < -0.39 is 10.0 Å². The van der Waals surface area contributed by atoms with Crippen LogP contribution < -0.4 is 9.51 Å². The minimum atomic E-state index is -3.73. The van der Waals surface area contributed by atoms with Crippen molar-refractivity contribution in [1.29, 1.82) is 0 Å². The predicted octanol–water partition coefficient (Wildman–Crippen LogP) is 2.06. The number of Topliss-reactive ketones (excluding diaryl/α,β-unsaturated/α-hetero) is 1. The van der Waals surface area contributed by atoms with Gasteiger partial charge in [-0.25, -0.2) is 0 Å². The summed E-state index contributed by atoms with van der Waals surface area (Å²) in [4.78, 5) is 14.8. The SMILES string of the molecule is Cc1ccc(S(=O)(=O)Nn2cn[n+](CC(=O)c3ccc(Br)cc3)c2)cc1. The molecule has 2 aromatic carbocycles. The maximum atomic E-state index is 12.4. The summed E-state index contributed by atoms with van der Waals surface area (Å²) >= 11 is 3.32. The number of aromatic nitrogens is 3. The Labute approximate surface area is 159 Å². The van der Waals surface area contributed by atoms with E-state index in [0.29, 0.717) is 5.56 Å². The van der Waals surface area contributed by atoms with Crippen molar-refractivity contribution in [2.45, 2.75) is 18.4 Å². The average molecular weight is 436 g/mol. The van der Waals surface area contributed by atoms with E-state index in [-0.39, 0.29) is 17.2 Å². The molecule has 0 aliphatic rings. The molecule has 3 aromatic rings. The summed E-state index contributed by atoms with van der Waals surface area (Å²) in [6.45, 7) is 1.88. The first kappa shape index (κ1) is 18.3. The van der Waals surface area contributed by atoms with Crippen molar-refractivity contribution < 1.29 is 17.9 Å². The highest BCUT2D eigenvalue weighted by Gasteiger charge is 2.19. The molecule has 3 rings (SSSR count). The van der Waals surface area contributed by atoms with Gasteiger partial charge in [0, 0.05) is 10.0 Å². The van der Waals surface area contributed by atoms with Gasteiger partial charge in [0.05, 0.1) is 4.90 Å². The van der Waals surface area contributed by atoms with Gasteiger partial charge in [0.25, 0.3) is 16.4 Å². The van der Waals surface area contributed by atoms with Gasteiger partial charge in [0.1, 0.15) is 0 Å². The summed E-state index contributed by atoms with van der Waals surface area (Å²) in [5.74, 6) is -0.130. The van der Waals surface area contributed by atoms with Gasteiger partial charge in [-0.15, -0.1) is 14.2 Å². The molecule has 0 amide bonds. The molecule has 0 saturated heterocycles. The number of hydrogen-bond acceptors (Lipinski definition) is 4. The number of benzene rings is 2. The normalized spacial score (nSPS) is 11.3. The maximum Gasteiger partial charge on any atom is 0.290 e. The number of aryl methyl sites for hydroxylation is 1. The van der Waals surface area contributed by atoms with E-state index in [2.05, 4.69) is 25.9 Å². The number of carbonyl (C=O) groups excluding carboxylic acids is 1. The predicted molar refractivity (Wildman–Crippen MR) is 98.6 cm³/mol. The number of nitrogens with zero attached hydrogens (tertiary/aromatic N) is 3. The van der Waals surface area contributed by atoms with Crippen LogP contribution in [0.25, 0.3) is 0 Å². The van der Waals surface area contributed by atoms with Gasteiger partial charge in [-0.05, 0) is 36.3 Å². The highest BCUT2D eigenvalue weighted by molar-refractivity contribution is 9.10. The maximum absolute atomic E-state index is 12.4. The Morgan fingerprint density at radius 1 is 1.15 bits per heavy atom. The van der Waals surface area contributed by atoms with Crippen molar-refractivity contribution in [3.05, 3.63) is 76.8 Å². The first-order chi connectivity index (χ1) is 12.3. The Morgan fingerprint density at radius 2 is 1.81 bits per heavy atom.